The van der Waals surface area contributed by atoms with Crippen LogP contribution in [0.2, 0.25) is 0 Å². The molecule has 4 aromatic rings. The third-order valence-electron chi connectivity index (χ3n) is 6.29. The van der Waals surface area contributed by atoms with E-state index in [1.54, 1.807) is 25.1 Å². The molecule has 184 valence electrons. The predicted molar refractivity (Wildman–Crippen MR) is 142 cm³/mol. The zero-order chi connectivity index (χ0) is 25.9. The number of aryl methyl sites for hydroxylation is 1. The van der Waals surface area contributed by atoms with E-state index >= 15 is 0 Å². The zero-order valence-electron chi connectivity index (χ0n) is 20.3. The molecule has 0 saturated carbocycles. The van der Waals surface area contributed by atoms with Gasteiger partial charge in [-0.25, -0.2) is 9.78 Å². The summed E-state index contributed by atoms with van der Waals surface area (Å²) in [5.74, 6) is -1.04. The van der Waals surface area contributed by atoms with Gasteiger partial charge in [0.1, 0.15) is 10.5 Å². The summed E-state index contributed by atoms with van der Waals surface area (Å²) in [5, 5.41) is 0.665. The molecule has 2 aromatic heterocycles. The molecule has 36 heavy (non-hydrogen) atoms. The normalized spacial score (nSPS) is 15.4. The highest BCUT2D eigenvalue weighted by Gasteiger charge is 2.45. The lowest BCUT2D eigenvalue weighted by molar-refractivity contribution is 0.0605. The number of methoxy groups -OCH3 is 1. The number of carbonyl (C=O) groups is 2. The summed E-state index contributed by atoms with van der Waals surface area (Å²) in [6.45, 7) is 8.04. The quantitative estimate of drug-likeness (QED) is 0.276. The van der Waals surface area contributed by atoms with Crippen LogP contribution in [0.25, 0.3) is 11.0 Å². The summed E-state index contributed by atoms with van der Waals surface area (Å²) < 4.78 is 11.6. The summed E-state index contributed by atoms with van der Waals surface area (Å²) in [6, 6.07) is 12.2. The fourth-order valence-electron chi connectivity index (χ4n) is 4.39. The molecule has 1 atom stereocenters. The molecule has 1 unspecified atom stereocenters. The molecule has 7 nitrogen and oxygen atoms in total. The maximum Gasteiger partial charge on any atom is 0.350 e. The Morgan fingerprint density at radius 2 is 1.83 bits per heavy atom. The van der Waals surface area contributed by atoms with Gasteiger partial charge in [-0.1, -0.05) is 72.3 Å². The van der Waals surface area contributed by atoms with Gasteiger partial charge in [0.25, 0.3) is 5.91 Å². The average molecular weight is 567 g/mol. The smallest absolute Gasteiger partial charge is 0.350 e. The first-order valence-corrected chi connectivity index (χ1v) is 12.9. The Kier molecular flexibility index (Phi) is 5.88. The lowest BCUT2D eigenvalue weighted by Gasteiger charge is -2.24. The van der Waals surface area contributed by atoms with E-state index in [0.29, 0.717) is 26.7 Å². The van der Waals surface area contributed by atoms with Crippen molar-refractivity contribution in [1.82, 2.24) is 4.98 Å². The molecule has 1 aliphatic heterocycles. The number of halogens is 1. The Labute approximate surface area is 219 Å². The van der Waals surface area contributed by atoms with Crippen molar-refractivity contribution in [2.75, 3.05) is 12.0 Å². The van der Waals surface area contributed by atoms with Gasteiger partial charge < -0.3 is 9.15 Å². The summed E-state index contributed by atoms with van der Waals surface area (Å²) >= 11 is 4.47. The Morgan fingerprint density at radius 1 is 1.14 bits per heavy atom. The number of ether oxygens (including phenoxy) is 1. The Bertz CT molecular complexity index is 1600. The largest absolute Gasteiger partial charge is 0.465 e. The molecule has 3 heterocycles. The van der Waals surface area contributed by atoms with Crippen LogP contribution in [0, 0.1) is 6.92 Å². The van der Waals surface area contributed by atoms with Crippen LogP contribution in [0.3, 0.4) is 0 Å². The number of rotatable bonds is 3. The van der Waals surface area contributed by atoms with Gasteiger partial charge in [0, 0.05) is 4.47 Å². The van der Waals surface area contributed by atoms with Crippen LogP contribution < -0.4 is 10.3 Å². The minimum Gasteiger partial charge on any atom is -0.465 e. The van der Waals surface area contributed by atoms with Crippen LogP contribution in [0.1, 0.15) is 69.4 Å². The van der Waals surface area contributed by atoms with E-state index in [1.807, 2.05) is 24.3 Å². The number of carbonyl (C=O) groups excluding carboxylic acids is 2. The van der Waals surface area contributed by atoms with E-state index in [1.165, 1.54) is 12.0 Å². The number of amides is 1. The standard InChI is InChI=1S/C27H23BrN2O5S/c1-13-23(25(33)34-5)36-26(29-13)30-20(14-6-8-15(9-7-14)27(2,3)4)19-21(31)17-12-16(28)10-11-18(17)35-22(19)24(30)32/h6-12,20H,1-5H3. The van der Waals surface area contributed by atoms with Crippen molar-refractivity contribution < 1.29 is 18.7 Å². The number of aromatic nitrogens is 1. The van der Waals surface area contributed by atoms with E-state index in [9.17, 15) is 14.4 Å². The predicted octanol–water partition coefficient (Wildman–Crippen LogP) is 6.15. The van der Waals surface area contributed by atoms with Crippen molar-refractivity contribution in [2.24, 2.45) is 0 Å². The second kappa shape index (κ2) is 8.67. The molecule has 0 saturated heterocycles. The molecule has 5 rings (SSSR count). The first-order valence-electron chi connectivity index (χ1n) is 11.3. The molecular formula is C27H23BrN2O5S. The van der Waals surface area contributed by atoms with E-state index in [0.717, 1.165) is 26.9 Å². The van der Waals surface area contributed by atoms with Crippen LogP contribution >= 0.6 is 27.3 Å². The van der Waals surface area contributed by atoms with Gasteiger partial charge in [0.15, 0.2) is 10.6 Å². The molecule has 0 fully saturated rings. The minimum atomic E-state index is -0.766. The second-order valence-corrected chi connectivity index (χ2v) is 11.6. The summed E-state index contributed by atoms with van der Waals surface area (Å²) in [6.07, 6.45) is 0. The molecule has 1 aliphatic rings. The number of anilines is 1. The minimum absolute atomic E-state index is 0.0211. The van der Waals surface area contributed by atoms with Gasteiger partial charge in [-0.3, -0.25) is 14.5 Å². The monoisotopic (exact) mass is 566 g/mol. The van der Waals surface area contributed by atoms with E-state index in [2.05, 4.69) is 41.7 Å². The maximum atomic E-state index is 13.8. The summed E-state index contributed by atoms with van der Waals surface area (Å²) in [7, 11) is 1.30. The molecule has 0 N–H and O–H groups in total. The lowest BCUT2D eigenvalue weighted by Crippen LogP contribution is -2.29. The third-order valence-corrected chi connectivity index (χ3v) is 7.92. The van der Waals surface area contributed by atoms with Gasteiger partial charge in [0.05, 0.1) is 29.8 Å². The van der Waals surface area contributed by atoms with E-state index in [-0.39, 0.29) is 22.2 Å². The summed E-state index contributed by atoms with van der Waals surface area (Å²) in [5.41, 5.74) is 2.53. The number of thiazole rings is 1. The van der Waals surface area contributed by atoms with Crippen LogP contribution in [-0.4, -0.2) is 24.0 Å². The van der Waals surface area contributed by atoms with Crippen molar-refractivity contribution in [2.45, 2.75) is 39.2 Å². The van der Waals surface area contributed by atoms with Crippen molar-refractivity contribution in [3.05, 3.63) is 90.2 Å². The highest BCUT2D eigenvalue weighted by molar-refractivity contribution is 9.10. The van der Waals surface area contributed by atoms with Gasteiger partial charge in [-0.05, 0) is 41.7 Å². The van der Waals surface area contributed by atoms with Gasteiger partial charge in [-0.15, -0.1) is 0 Å². The van der Waals surface area contributed by atoms with E-state index < -0.39 is 17.9 Å². The van der Waals surface area contributed by atoms with Crippen LogP contribution in [-0.2, 0) is 10.2 Å². The zero-order valence-corrected chi connectivity index (χ0v) is 22.7. The van der Waals surface area contributed by atoms with Crippen LogP contribution in [0.5, 0.6) is 0 Å². The first-order chi connectivity index (χ1) is 17.0. The highest BCUT2D eigenvalue weighted by atomic mass is 79.9. The fraction of sp³-hybridized carbons (Fsp3) is 0.259. The Balaban J connectivity index is 1.76. The van der Waals surface area contributed by atoms with Crippen molar-refractivity contribution in [3.63, 3.8) is 0 Å². The fourth-order valence-corrected chi connectivity index (χ4v) is 5.76. The van der Waals surface area contributed by atoms with Gasteiger partial charge in [0.2, 0.25) is 5.76 Å². The molecule has 0 radical (unpaired) electrons. The van der Waals surface area contributed by atoms with Gasteiger partial charge in [-0.2, -0.15) is 0 Å². The average Bonchev–Trinajstić information content (AvgIpc) is 3.36. The van der Waals surface area contributed by atoms with Crippen molar-refractivity contribution >= 4 is 55.2 Å². The molecule has 2 aromatic carbocycles. The molecule has 0 spiro atoms. The van der Waals surface area contributed by atoms with Gasteiger partial charge >= 0.3 is 5.97 Å². The Morgan fingerprint density at radius 3 is 2.47 bits per heavy atom. The molecule has 9 heteroatoms. The molecule has 1 amide bonds. The van der Waals surface area contributed by atoms with E-state index in [4.69, 9.17) is 9.15 Å². The summed E-state index contributed by atoms with van der Waals surface area (Å²) in [4.78, 5) is 46.1. The topological polar surface area (TPSA) is 89.7 Å². The Hall–Kier alpha value is -3.30. The second-order valence-electron chi connectivity index (χ2n) is 9.67. The van der Waals surface area contributed by atoms with Crippen molar-refractivity contribution in [3.8, 4) is 0 Å². The number of nitrogens with zero attached hydrogens (tertiary/aromatic N) is 2. The molecule has 0 bridgehead atoms. The maximum absolute atomic E-state index is 13.8. The number of fused-ring (bicyclic) bond motifs is 2. The first kappa shape index (κ1) is 24.4. The highest BCUT2D eigenvalue weighted by Crippen LogP contribution is 2.43. The number of hydrogen-bond donors (Lipinski definition) is 0. The molecular weight excluding hydrogens is 544 g/mol. The third kappa shape index (κ3) is 3.87. The lowest BCUT2D eigenvalue weighted by atomic mass is 9.86. The van der Waals surface area contributed by atoms with Crippen molar-refractivity contribution in [1.29, 1.82) is 0 Å². The number of benzene rings is 2. The van der Waals surface area contributed by atoms with Crippen LogP contribution in [0.4, 0.5) is 5.13 Å². The van der Waals surface area contributed by atoms with Crippen LogP contribution in [0.15, 0.2) is 56.1 Å². The molecule has 0 aliphatic carbocycles. The SMILES string of the molecule is COC(=O)c1sc(N2C(=O)c3oc4ccc(Br)cc4c(=O)c3C2c2ccc(C(C)(C)C)cc2)nc1C. The number of hydrogen-bond acceptors (Lipinski definition) is 7. The number of esters is 1.